The molecule has 0 aromatic heterocycles. The Labute approximate surface area is 684 Å². The van der Waals surface area contributed by atoms with Crippen molar-refractivity contribution in [3.8, 4) is 0 Å². The van der Waals surface area contributed by atoms with Gasteiger partial charge in [-0.1, -0.05) is 290 Å². The highest BCUT2D eigenvalue weighted by atomic mass is 127. The normalized spacial score (nSPS) is 11.1. The molecule has 0 aliphatic rings. The van der Waals surface area contributed by atoms with Crippen molar-refractivity contribution >= 4 is 192 Å². The molecule has 0 radical (unpaired) electrons. The summed E-state index contributed by atoms with van der Waals surface area (Å²) in [5.41, 5.74) is 14.3. The van der Waals surface area contributed by atoms with Crippen LogP contribution in [0.5, 0.6) is 0 Å². The van der Waals surface area contributed by atoms with Gasteiger partial charge in [-0.3, -0.25) is 24.0 Å². The standard InChI is InChI=1S/2C18H17Cl2NO.C18H17ClINO.2C18H18ClNO/c1-12(2)14-6-3-13(4-7-14)5-10-18(22)21-17-9-8-15(19)11-16(17)20;1-12(2)14-9-6-13(7-10-14)8-11-17(22)21-16-5-3-4-15(19)18(16)20;1-12(2)14-6-3-13(4-7-14)5-10-18(22)21-17-9-8-15(20)11-16(17)19;1-13(2)15-6-3-14(4-7-15)5-12-18(21)20-17-10-8-16(19)9-11-17;1-13(2)15-10-7-14(8-11-15)9-12-18(21)20-17-6-4-3-5-16(17)19/h3*3-12H,1-2H3,(H,21,22);2*3-13H,1-2H3,(H,20,21)/b10-5+;11-8+;10-5+;12-5+;12-9+. The van der Waals surface area contributed by atoms with Crippen LogP contribution in [0.15, 0.2) is 255 Å². The highest BCUT2D eigenvalue weighted by molar-refractivity contribution is 14.1. The summed E-state index contributed by atoms with van der Waals surface area (Å²) in [6.07, 6.45) is 16.4. The number of carbonyl (C=O) groups is 5. The molecule has 18 heteroatoms. The Balaban J connectivity index is 0.000000211. The molecule has 10 aromatic carbocycles. The minimum Gasteiger partial charge on any atom is -0.323 e. The first-order valence-electron chi connectivity index (χ1n) is 34.8. The van der Waals surface area contributed by atoms with Crippen LogP contribution >= 0.6 is 104 Å². The maximum Gasteiger partial charge on any atom is 0.248 e. The molecule has 0 atom stereocenters. The van der Waals surface area contributed by atoms with Crippen molar-refractivity contribution in [1.82, 2.24) is 0 Å². The Hall–Kier alpha value is -8.99. The van der Waals surface area contributed by atoms with Crippen molar-refractivity contribution in [3.05, 3.63) is 349 Å². The molecule has 0 fully saturated rings. The summed E-state index contributed by atoms with van der Waals surface area (Å²) in [5.74, 6) is 1.46. The Bertz CT molecular complexity index is 4630. The van der Waals surface area contributed by atoms with Crippen LogP contribution in [-0.4, -0.2) is 29.5 Å². The van der Waals surface area contributed by atoms with Gasteiger partial charge < -0.3 is 26.6 Å². The van der Waals surface area contributed by atoms with Gasteiger partial charge in [0.15, 0.2) is 0 Å². The quantitative estimate of drug-likeness (QED) is 0.0381. The molecule has 5 N–H and O–H groups in total. The lowest BCUT2D eigenvalue weighted by atomic mass is 10.0. The van der Waals surface area contributed by atoms with Gasteiger partial charge in [-0.25, -0.2) is 0 Å². The first-order chi connectivity index (χ1) is 51.5. The van der Waals surface area contributed by atoms with E-state index >= 15 is 0 Å². The minimum absolute atomic E-state index is 0.162. The molecule has 0 bridgehead atoms. The highest BCUT2D eigenvalue weighted by Crippen LogP contribution is 2.31. The van der Waals surface area contributed by atoms with E-state index in [9.17, 15) is 24.0 Å². The van der Waals surface area contributed by atoms with Crippen LogP contribution in [0, 0.1) is 3.57 Å². The van der Waals surface area contributed by atoms with E-state index in [1.165, 1.54) is 58.2 Å². The zero-order valence-corrected chi connectivity index (χ0v) is 69.0. The van der Waals surface area contributed by atoms with E-state index in [2.05, 4.69) is 179 Å². The second-order valence-corrected chi connectivity index (χ2v) is 30.2. The number of rotatable bonds is 20. The van der Waals surface area contributed by atoms with Gasteiger partial charge in [0.05, 0.1) is 47.9 Å². The average Bonchev–Trinajstić information content (AvgIpc) is 0.874. The zero-order chi connectivity index (χ0) is 78.8. The third-order valence-electron chi connectivity index (χ3n) is 16.0. The molecule has 0 heterocycles. The van der Waals surface area contributed by atoms with E-state index in [4.69, 9.17) is 81.2 Å². The van der Waals surface area contributed by atoms with Crippen molar-refractivity contribution in [2.75, 3.05) is 26.6 Å². The summed E-state index contributed by atoms with van der Waals surface area (Å²) in [6, 6.07) is 70.6. The van der Waals surface area contributed by atoms with Gasteiger partial charge >= 0.3 is 0 Å². The highest BCUT2D eigenvalue weighted by Gasteiger charge is 2.10. The van der Waals surface area contributed by atoms with Crippen LogP contribution in [0.25, 0.3) is 30.4 Å². The van der Waals surface area contributed by atoms with Crippen molar-refractivity contribution in [3.63, 3.8) is 0 Å². The molecule has 0 saturated heterocycles. The van der Waals surface area contributed by atoms with Gasteiger partial charge in [0.1, 0.15) is 0 Å². The third kappa shape index (κ3) is 32.1. The first kappa shape index (κ1) is 87.9. The van der Waals surface area contributed by atoms with Crippen LogP contribution in [0.1, 0.15) is 154 Å². The Kier molecular flexibility index (Phi) is 37.2. The lowest BCUT2D eigenvalue weighted by Crippen LogP contribution is -2.08. The molecule has 5 amide bonds. The van der Waals surface area contributed by atoms with Crippen molar-refractivity contribution < 1.29 is 24.0 Å². The number of nitrogens with one attached hydrogen (secondary N) is 5. The second kappa shape index (κ2) is 45.7. The summed E-state index contributed by atoms with van der Waals surface area (Å²) in [4.78, 5) is 59.4. The summed E-state index contributed by atoms with van der Waals surface area (Å²) in [5, 5.41) is 17.1. The molecule has 0 aliphatic carbocycles. The third-order valence-corrected chi connectivity index (χ3v) is 18.9. The summed E-state index contributed by atoms with van der Waals surface area (Å²) < 4.78 is 1.03. The molecule has 0 saturated carbocycles. The molecule has 10 aromatic rings. The monoisotopic (exact) mass is 1690 g/mol. The van der Waals surface area contributed by atoms with Crippen LogP contribution in [0.4, 0.5) is 28.4 Å². The van der Waals surface area contributed by atoms with E-state index in [-0.39, 0.29) is 29.5 Å². The number of hydrogen-bond acceptors (Lipinski definition) is 5. The van der Waals surface area contributed by atoms with Crippen molar-refractivity contribution in [2.24, 2.45) is 0 Å². The van der Waals surface area contributed by atoms with Gasteiger partial charge in [-0.2, -0.15) is 0 Å². The molecular formula is C90H87Cl7IN5O5. The summed E-state index contributed by atoms with van der Waals surface area (Å²) in [6.45, 7) is 21.5. The van der Waals surface area contributed by atoms with Gasteiger partial charge in [-0.15, -0.1) is 0 Å². The van der Waals surface area contributed by atoms with Crippen LogP contribution in [-0.2, 0) is 24.0 Å². The maximum atomic E-state index is 11.9. The van der Waals surface area contributed by atoms with E-state index in [0.29, 0.717) is 87.5 Å². The molecule has 0 spiro atoms. The molecule has 10 nitrogen and oxygen atoms in total. The fourth-order valence-corrected chi connectivity index (χ4v) is 11.6. The molecular weight excluding hydrogens is 1610 g/mol. The van der Waals surface area contributed by atoms with E-state index in [0.717, 1.165) is 37.1 Å². The maximum absolute atomic E-state index is 11.9. The van der Waals surface area contributed by atoms with Gasteiger partial charge in [0, 0.05) is 49.7 Å². The lowest BCUT2D eigenvalue weighted by Gasteiger charge is -2.06. The topological polar surface area (TPSA) is 146 Å². The predicted molar refractivity (Wildman–Crippen MR) is 471 cm³/mol. The number of anilines is 5. The largest absolute Gasteiger partial charge is 0.323 e. The van der Waals surface area contributed by atoms with E-state index < -0.39 is 0 Å². The number of amides is 5. The van der Waals surface area contributed by atoms with Gasteiger partial charge in [0.25, 0.3) is 0 Å². The molecule has 108 heavy (non-hydrogen) atoms. The lowest BCUT2D eigenvalue weighted by molar-refractivity contribution is -0.112. The van der Waals surface area contributed by atoms with Crippen LogP contribution in [0.2, 0.25) is 35.2 Å². The molecule has 0 unspecified atom stereocenters. The number of para-hydroxylation sites is 1. The molecule has 0 aliphatic heterocycles. The van der Waals surface area contributed by atoms with Crippen molar-refractivity contribution in [2.45, 2.75) is 98.8 Å². The Morgan fingerprint density at radius 1 is 0.278 bits per heavy atom. The summed E-state index contributed by atoms with van der Waals surface area (Å²) >= 11 is 43.8. The molecule has 558 valence electrons. The van der Waals surface area contributed by atoms with E-state index in [1.54, 1.807) is 109 Å². The van der Waals surface area contributed by atoms with E-state index in [1.807, 2.05) is 84.9 Å². The summed E-state index contributed by atoms with van der Waals surface area (Å²) in [7, 11) is 0. The first-order valence-corrected chi connectivity index (χ1v) is 38.5. The Morgan fingerprint density at radius 2 is 0.556 bits per heavy atom. The van der Waals surface area contributed by atoms with Crippen LogP contribution in [0.3, 0.4) is 0 Å². The van der Waals surface area contributed by atoms with Crippen molar-refractivity contribution in [1.29, 1.82) is 0 Å². The van der Waals surface area contributed by atoms with Crippen LogP contribution < -0.4 is 26.6 Å². The average molecular weight is 1690 g/mol. The SMILES string of the molecule is CC(C)c1ccc(/C=C/C(=O)Nc2ccc(Cl)cc2)cc1.CC(C)c1ccc(/C=C/C(=O)Nc2ccc(Cl)cc2Cl)cc1.CC(C)c1ccc(/C=C/C(=O)Nc2ccc(I)cc2Cl)cc1.CC(C)c1ccc(/C=C/C(=O)Nc2cccc(Cl)c2Cl)cc1.CC(C)c1ccc(/C=C/C(=O)Nc2ccccc2Cl)cc1. The zero-order valence-electron chi connectivity index (χ0n) is 61.6. The smallest absolute Gasteiger partial charge is 0.248 e. The number of halogens is 8. The van der Waals surface area contributed by atoms with Gasteiger partial charge in [-0.05, 0) is 223 Å². The Morgan fingerprint density at radius 3 is 0.880 bits per heavy atom. The minimum atomic E-state index is -0.253. The predicted octanol–water partition coefficient (Wildman–Crippen LogP) is 27.5. The number of carbonyl (C=O) groups excluding carboxylic acids is 5. The van der Waals surface area contributed by atoms with Gasteiger partial charge in [0.2, 0.25) is 29.5 Å². The second-order valence-electron chi connectivity index (χ2n) is 26.1. The molecule has 10 rings (SSSR count). The fourth-order valence-electron chi connectivity index (χ4n) is 9.58. The fraction of sp³-hybridized carbons (Fsp3) is 0.167. The number of hydrogen-bond donors (Lipinski definition) is 5. The number of benzene rings is 10.